The summed E-state index contributed by atoms with van der Waals surface area (Å²) in [7, 11) is 0. The van der Waals surface area contributed by atoms with E-state index in [1.165, 1.54) is 11.3 Å². The van der Waals surface area contributed by atoms with Gasteiger partial charge in [0.25, 0.3) is 0 Å². The molecule has 1 amide bonds. The maximum atomic E-state index is 13.8. The molecule has 154 valence electrons. The minimum atomic E-state index is -0.634. The highest BCUT2D eigenvalue weighted by Crippen LogP contribution is 2.41. The Kier molecular flexibility index (Phi) is 6.05. The molecule has 29 heavy (non-hydrogen) atoms. The Labute approximate surface area is 182 Å². The van der Waals surface area contributed by atoms with E-state index >= 15 is 0 Å². The fourth-order valence-electron chi connectivity index (χ4n) is 4.49. The summed E-state index contributed by atoms with van der Waals surface area (Å²) in [5.41, 5.74) is 2.71. The fourth-order valence-corrected chi connectivity index (χ4v) is 5.08. The van der Waals surface area contributed by atoms with Crippen LogP contribution in [0.2, 0.25) is 10.0 Å². The first-order valence-corrected chi connectivity index (χ1v) is 10.9. The molecule has 0 radical (unpaired) electrons. The Hall–Kier alpha value is -1.75. The van der Waals surface area contributed by atoms with Gasteiger partial charge in [0.05, 0.1) is 5.41 Å². The molecule has 0 saturated carbocycles. The van der Waals surface area contributed by atoms with Gasteiger partial charge in [-0.25, -0.2) is 0 Å². The van der Waals surface area contributed by atoms with Crippen LogP contribution in [0.15, 0.2) is 42.5 Å². The second-order valence-corrected chi connectivity index (χ2v) is 8.78. The molecule has 2 fully saturated rings. The molecule has 0 atom stereocenters. The smallest absolute Gasteiger partial charge is 0.233 e. The van der Waals surface area contributed by atoms with Crippen molar-refractivity contribution in [3.8, 4) is 0 Å². The fraction of sp³-hybridized carbons (Fsp3) is 0.435. The Morgan fingerprint density at radius 3 is 2.38 bits per heavy atom. The third kappa shape index (κ3) is 4.11. The number of halogens is 2. The molecule has 0 N–H and O–H groups in total. The van der Waals surface area contributed by atoms with Gasteiger partial charge < -0.3 is 14.5 Å². The summed E-state index contributed by atoms with van der Waals surface area (Å²) in [6.07, 6.45) is 1.29. The normalized spacial score (nSPS) is 19.3. The second-order valence-electron chi connectivity index (χ2n) is 7.94. The highest BCUT2D eigenvalue weighted by molar-refractivity contribution is 6.35. The molecule has 0 unspecified atom stereocenters. The minimum Gasteiger partial charge on any atom is -0.381 e. The van der Waals surface area contributed by atoms with Crippen LogP contribution >= 0.6 is 23.2 Å². The third-order valence-electron chi connectivity index (χ3n) is 6.14. The van der Waals surface area contributed by atoms with E-state index in [1.54, 1.807) is 6.07 Å². The first-order chi connectivity index (χ1) is 14.0. The zero-order valence-corrected chi connectivity index (χ0v) is 18.2. The number of anilines is 1. The SMILES string of the molecule is Cc1cccc(N2CCN(C(=O)C3(c4ccc(Cl)cc4Cl)CCOCC3)CC2)c1. The van der Waals surface area contributed by atoms with Crippen LogP contribution in [-0.2, 0) is 14.9 Å². The number of ether oxygens (including phenoxy) is 1. The number of hydrogen-bond donors (Lipinski definition) is 0. The molecule has 6 heteroatoms. The first kappa shape index (κ1) is 20.5. The van der Waals surface area contributed by atoms with Crippen molar-refractivity contribution in [1.29, 1.82) is 0 Å². The molecule has 0 bridgehead atoms. The van der Waals surface area contributed by atoms with Crippen molar-refractivity contribution in [3.05, 3.63) is 63.6 Å². The number of amides is 1. The molecular formula is C23H26Cl2N2O2. The zero-order chi connectivity index (χ0) is 20.4. The van der Waals surface area contributed by atoms with Gasteiger partial charge in [0.15, 0.2) is 0 Å². The number of carbonyl (C=O) groups is 1. The van der Waals surface area contributed by atoms with Gasteiger partial charge in [-0.05, 0) is 55.2 Å². The van der Waals surface area contributed by atoms with Crippen LogP contribution in [0.1, 0.15) is 24.0 Å². The quantitative estimate of drug-likeness (QED) is 0.704. The molecular weight excluding hydrogens is 407 g/mol. The lowest BCUT2D eigenvalue weighted by molar-refractivity contribution is -0.141. The van der Waals surface area contributed by atoms with Crippen molar-refractivity contribution in [3.63, 3.8) is 0 Å². The lowest BCUT2D eigenvalue weighted by Gasteiger charge is -2.43. The van der Waals surface area contributed by atoms with E-state index in [0.29, 0.717) is 49.2 Å². The van der Waals surface area contributed by atoms with Gasteiger partial charge in [-0.1, -0.05) is 41.4 Å². The maximum absolute atomic E-state index is 13.8. The Morgan fingerprint density at radius 1 is 1.00 bits per heavy atom. The van der Waals surface area contributed by atoms with E-state index in [4.69, 9.17) is 27.9 Å². The molecule has 2 aliphatic heterocycles. The lowest BCUT2D eigenvalue weighted by atomic mass is 9.72. The predicted octanol–water partition coefficient (Wildman–Crippen LogP) is 4.70. The Bertz CT molecular complexity index is 888. The highest BCUT2D eigenvalue weighted by atomic mass is 35.5. The van der Waals surface area contributed by atoms with E-state index < -0.39 is 5.41 Å². The van der Waals surface area contributed by atoms with Crippen LogP contribution < -0.4 is 4.90 Å². The average Bonchev–Trinajstić information content (AvgIpc) is 2.74. The van der Waals surface area contributed by atoms with Crippen LogP contribution in [0, 0.1) is 6.92 Å². The van der Waals surface area contributed by atoms with Crippen molar-refractivity contribution in [1.82, 2.24) is 4.90 Å². The summed E-state index contributed by atoms with van der Waals surface area (Å²) in [6, 6.07) is 14.0. The molecule has 0 aromatic heterocycles. The summed E-state index contributed by atoms with van der Waals surface area (Å²) in [6.45, 7) is 6.31. The number of nitrogens with zero attached hydrogens (tertiary/aromatic N) is 2. The van der Waals surface area contributed by atoms with Gasteiger partial charge in [-0.3, -0.25) is 4.79 Å². The number of aryl methyl sites for hydroxylation is 1. The van der Waals surface area contributed by atoms with E-state index in [0.717, 1.165) is 18.7 Å². The van der Waals surface area contributed by atoms with Crippen LogP contribution in [0.3, 0.4) is 0 Å². The van der Waals surface area contributed by atoms with Gasteiger partial charge >= 0.3 is 0 Å². The van der Waals surface area contributed by atoms with Gasteiger partial charge in [-0.15, -0.1) is 0 Å². The molecule has 0 spiro atoms. The van der Waals surface area contributed by atoms with E-state index in [9.17, 15) is 4.79 Å². The van der Waals surface area contributed by atoms with Crippen LogP contribution in [0.4, 0.5) is 5.69 Å². The van der Waals surface area contributed by atoms with Crippen LogP contribution in [-0.4, -0.2) is 50.2 Å². The molecule has 2 saturated heterocycles. The summed E-state index contributed by atoms with van der Waals surface area (Å²) >= 11 is 12.7. The van der Waals surface area contributed by atoms with Crippen molar-refractivity contribution in [2.75, 3.05) is 44.3 Å². The zero-order valence-electron chi connectivity index (χ0n) is 16.7. The summed E-state index contributed by atoms with van der Waals surface area (Å²) in [5.74, 6) is 0.161. The van der Waals surface area contributed by atoms with Gasteiger partial charge in [0, 0.05) is 55.1 Å². The monoisotopic (exact) mass is 432 g/mol. The van der Waals surface area contributed by atoms with E-state index in [2.05, 4.69) is 36.1 Å². The summed E-state index contributed by atoms with van der Waals surface area (Å²) < 4.78 is 5.59. The van der Waals surface area contributed by atoms with Gasteiger partial charge in [-0.2, -0.15) is 0 Å². The first-order valence-electron chi connectivity index (χ1n) is 10.1. The second kappa shape index (κ2) is 8.55. The Balaban J connectivity index is 1.55. The largest absolute Gasteiger partial charge is 0.381 e. The van der Waals surface area contributed by atoms with Gasteiger partial charge in [0.2, 0.25) is 5.91 Å². The van der Waals surface area contributed by atoms with Crippen molar-refractivity contribution < 1.29 is 9.53 Å². The maximum Gasteiger partial charge on any atom is 0.233 e. The van der Waals surface area contributed by atoms with Crippen molar-refractivity contribution in [2.24, 2.45) is 0 Å². The number of piperazine rings is 1. The number of hydrogen-bond acceptors (Lipinski definition) is 3. The van der Waals surface area contributed by atoms with Crippen LogP contribution in [0.25, 0.3) is 0 Å². The molecule has 0 aliphatic carbocycles. The van der Waals surface area contributed by atoms with Crippen LogP contribution in [0.5, 0.6) is 0 Å². The van der Waals surface area contributed by atoms with Gasteiger partial charge in [0.1, 0.15) is 0 Å². The number of benzene rings is 2. The standard InChI is InChI=1S/C23H26Cl2N2O2/c1-17-3-2-4-19(15-17)26-9-11-27(12-10-26)22(28)23(7-13-29-14-8-23)20-6-5-18(24)16-21(20)25/h2-6,15-16H,7-14H2,1H3. The number of rotatable bonds is 3. The average molecular weight is 433 g/mol. The molecule has 2 aliphatic rings. The molecule has 2 aromatic carbocycles. The summed E-state index contributed by atoms with van der Waals surface area (Å²) in [4.78, 5) is 18.1. The summed E-state index contributed by atoms with van der Waals surface area (Å²) in [5, 5.41) is 1.14. The predicted molar refractivity (Wildman–Crippen MR) is 118 cm³/mol. The topological polar surface area (TPSA) is 32.8 Å². The van der Waals surface area contributed by atoms with E-state index in [-0.39, 0.29) is 5.91 Å². The molecule has 2 heterocycles. The molecule has 2 aromatic rings. The van der Waals surface area contributed by atoms with E-state index in [1.807, 2.05) is 17.0 Å². The van der Waals surface area contributed by atoms with Crippen molar-refractivity contribution >= 4 is 34.8 Å². The lowest BCUT2D eigenvalue weighted by Crippen LogP contribution is -2.56. The highest BCUT2D eigenvalue weighted by Gasteiger charge is 2.45. The minimum absolute atomic E-state index is 0.161. The van der Waals surface area contributed by atoms with Crippen molar-refractivity contribution in [2.45, 2.75) is 25.2 Å². The number of carbonyl (C=O) groups excluding carboxylic acids is 1. The molecule has 4 nitrogen and oxygen atoms in total. The Morgan fingerprint density at radius 2 is 1.72 bits per heavy atom. The third-order valence-corrected chi connectivity index (χ3v) is 6.68. The molecule has 4 rings (SSSR count).